The average molecular weight is 511 g/mol. The number of nitrogens with one attached hydrogen (secondary N) is 1. The molecule has 0 fully saturated rings. The summed E-state index contributed by atoms with van der Waals surface area (Å²) in [6, 6.07) is 20.4. The van der Waals surface area contributed by atoms with Crippen LogP contribution >= 0.6 is 0 Å². The van der Waals surface area contributed by atoms with Gasteiger partial charge in [-0.3, -0.25) is 9.59 Å². The highest BCUT2D eigenvalue weighted by atomic mass is 16.5. The molecule has 0 saturated heterocycles. The second kappa shape index (κ2) is 11.2. The van der Waals surface area contributed by atoms with Gasteiger partial charge < -0.3 is 19.7 Å². The summed E-state index contributed by atoms with van der Waals surface area (Å²) in [5.74, 6) is -0.824. The zero-order valence-electron chi connectivity index (χ0n) is 22.1. The Kier molecular flexibility index (Phi) is 7.76. The number of aryl methyl sites for hydroxylation is 3. The van der Waals surface area contributed by atoms with Crippen LogP contribution in [0.15, 0.2) is 83.7 Å². The van der Waals surface area contributed by atoms with Gasteiger partial charge in [0.25, 0.3) is 5.91 Å². The first-order valence-electron chi connectivity index (χ1n) is 12.2. The van der Waals surface area contributed by atoms with Crippen molar-refractivity contribution in [2.75, 3.05) is 23.9 Å². The van der Waals surface area contributed by atoms with E-state index < -0.39 is 11.8 Å². The van der Waals surface area contributed by atoms with E-state index in [1.165, 1.54) is 7.11 Å². The number of carbonyl (C=O) groups excluding carboxylic acids is 3. The lowest BCUT2D eigenvalue weighted by molar-refractivity contribution is -0.137. The normalized spacial score (nSPS) is 14.2. The van der Waals surface area contributed by atoms with Gasteiger partial charge in [0.2, 0.25) is 5.78 Å². The second-order valence-corrected chi connectivity index (χ2v) is 9.19. The van der Waals surface area contributed by atoms with Gasteiger partial charge >= 0.3 is 5.97 Å². The number of ketones is 1. The van der Waals surface area contributed by atoms with Crippen LogP contribution in [0.2, 0.25) is 0 Å². The van der Waals surface area contributed by atoms with Gasteiger partial charge in [0.1, 0.15) is 11.3 Å². The Labute approximate surface area is 222 Å². The zero-order chi connectivity index (χ0) is 27.4. The number of hydrogen-bond acceptors (Lipinski definition) is 6. The highest BCUT2D eigenvalue weighted by Gasteiger charge is 2.38. The fraction of sp³-hybridized carbons (Fsp3) is 0.194. The van der Waals surface area contributed by atoms with Gasteiger partial charge in [0.15, 0.2) is 6.61 Å². The average Bonchev–Trinajstić information content (AvgIpc) is 3.15. The van der Waals surface area contributed by atoms with Crippen LogP contribution in [0, 0.1) is 20.8 Å². The molecule has 7 nitrogen and oxygen atoms in total. The number of esters is 1. The molecule has 38 heavy (non-hydrogen) atoms. The molecule has 0 bridgehead atoms. The molecule has 0 radical (unpaired) electrons. The van der Waals surface area contributed by atoms with Gasteiger partial charge in [-0.15, -0.1) is 0 Å². The molecule has 3 aromatic rings. The van der Waals surface area contributed by atoms with Crippen molar-refractivity contribution in [2.45, 2.75) is 27.7 Å². The van der Waals surface area contributed by atoms with E-state index in [0.717, 1.165) is 27.9 Å². The molecule has 3 aromatic carbocycles. The molecule has 1 N–H and O–H groups in total. The predicted octanol–water partition coefficient (Wildman–Crippen LogP) is 5.51. The molecular formula is C31H30N2O5. The summed E-state index contributed by atoms with van der Waals surface area (Å²) in [7, 11) is 1.26. The first-order chi connectivity index (χ1) is 18.2. The van der Waals surface area contributed by atoms with E-state index in [-0.39, 0.29) is 18.1 Å². The van der Waals surface area contributed by atoms with E-state index in [1.54, 1.807) is 42.2 Å². The lowest BCUT2D eigenvalue weighted by Crippen LogP contribution is -2.20. The van der Waals surface area contributed by atoms with Crippen LogP contribution in [0.4, 0.5) is 11.4 Å². The van der Waals surface area contributed by atoms with Gasteiger partial charge in [-0.05, 0) is 86.9 Å². The first-order valence-corrected chi connectivity index (χ1v) is 12.2. The summed E-state index contributed by atoms with van der Waals surface area (Å²) in [6.45, 7) is 7.59. The zero-order valence-corrected chi connectivity index (χ0v) is 22.1. The third kappa shape index (κ3) is 5.67. The van der Waals surface area contributed by atoms with E-state index in [4.69, 9.17) is 9.47 Å². The van der Waals surface area contributed by atoms with Gasteiger partial charge in [-0.1, -0.05) is 35.9 Å². The maximum absolute atomic E-state index is 13.3. The van der Waals surface area contributed by atoms with Crippen molar-refractivity contribution in [3.8, 4) is 5.75 Å². The van der Waals surface area contributed by atoms with Crippen molar-refractivity contribution in [1.29, 1.82) is 0 Å². The Bertz CT molecular complexity index is 1450. The Hall–Kier alpha value is -4.65. The summed E-state index contributed by atoms with van der Waals surface area (Å²) >= 11 is 0. The summed E-state index contributed by atoms with van der Waals surface area (Å²) in [5, 5.41) is 2.79. The Morgan fingerprint density at radius 2 is 1.58 bits per heavy atom. The number of ether oxygens (including phenoxy) is 2. The van der Waals surface area contributed by atoms with Crippen molar-refractivity contribution >= 4 is 35.1 Å². The van der Waals surface area contributed by atoms with Crippen LogP contribution in [-0.2, 0) is 19.1 Å². The van der Waals surface area contributed by atoms with Gasteiger partial charge in [-0.2, -0.15) is 0 Å². The molecular weight excluding hydrogens is 480 g/mol. The largest absolute Gasteiger partial charge is 0.484 e. The predicted molar refractivity (Wildman–Crippen MR) is 148 cm³/mol. The van der Waals surface area contributed by atoms with Crippen molar-refractivity contribution < 1.29 is 23.9 Å². The Balaban J connectivity index is 1.53. The number of anilines is 2. The van der Waals surface area contributed by atoms with Crippen LogP contribution in [-0.4, -0.2) is 31.4 Å². The number of benzene rings is 3. The quantitative estimate of drug-likeness (QED) is 0.256. The van der Waals surface area contributed by atoms with Gasteiger partial charge in [-0.25, -0.2) is 4.79 Å². The van der Waals surface area contributed by atoms with Crippen LogP contribution in [0.3, 0.4) is 0 Å². The number of amides is 1. The molecule has 1 aliphatic rings. The molecule has 0 unspecified atom stereocenters. The van der Waals surface area contributed by atoms with Crippen LogP contribution < -0.4 is 15.0 Å². The lowest BCUT2D eigenvalue weighted by Gasteiger charge is -2.22. The van der Waals surface area contributed by atoms with Crippen LogP contribution in [0.25, 0.3) is 6.08 Å². The van der Waals surface area contributed by atoms with Gasteiger partial charge in [0, 0.05) is 17.1 Å². The molecule has 0 aliphatic carbocycles. The molecule has 1 heterocycles. The van der Waals surface area contributed by atoms with E-state index in [9.17, 15) is 14.4 Å². The number of hydrogen-bond donors (Lipinski definition) is 1. The molecule has 7 heteroatoms. The SMILES string of the molecule is COC(=O)C1=C(C)N(c2ccc(C)c(C)c2)/C(=C\c2ccc(OCC(=O)Nc3ccc(C)cc3)cc2)C1=O. The number of allylic oxidation sites excluding steroid dienone is 2. The van der Waals surface area contributed by atoms with Crippen molar-refractivity contribution in [2.24, 2.45) is 0 Å². The summed E-state index contributed by atoms with van der Waals surface area (Å²) < 4.78 is 10.5. The van der Waals surface area contributed by atoms with E-state index in [2.05, 4.69) is 5.32 Å². The fourth-order valence-electron chi connectivity index (χ4n) is 4.16. The second-order valence-electron chi connectivity index (χ2n) is 9.19. The number of carbonyl (C=O) groups is 3. The Morgan fingerprint density at radius 1 is 0.895 bits per heavy atom. The molecule has 0 saturated carbocycles. The number of methoxy groups -OCH3 is 1. The summed E-state index contributed by atoms with van der Waals surface area (Å²) in [5.41, 5.74) is 6.39. The molecule has 1 aliphatic heterocycles. The molecule has 1 amide bonds. The highest BCUT2D eigenvalue weighted by molar-refractivity contribution is 6.30. The smallest absolute Gasteiger partial charge is 0.343 e. The number of Topliss-reactive ketones (excluding diaryl/α,β-unsaturated/α-hetero) is 1. The van der Waals surface area contributed by atoms with Crippen molar-refractivity contribution in [1.82, 2.24) is 0 Å². The molecule has 194 valence electrons. The fourth-order valence-corrected chi connectivity index (χ4v) is 4.16. The third-order valence-electron chi connectivity index (χ3n) is 6.42. The van der Waals surface area contributed by atoms with E-state index in [0.29, 0.717) is 22.8 Å². The number of rotatable bonds is 7. The molecule has 4 rings (SSSR count). The third-order valence-corrected chi connectivity index (χ3v) is 6.42. The minimum absolute atomic E-state index is 0.0107. The van der Waals surface area contributed by atoms with Crippen LogP contribution in [0.5, 0.6) is 5.75 Å². The molecule has 0 atom stereocenters. The maximum atomic E-state index is 13.3. The number of nitrogens with zero attached hydrogens (tertiary/aromatic N) is 1. The molecule has 0 spiro atoms. The lowest BCUT2D eigenvalue weighted by atomic mass is 10.1. The molecule has 0 aromatic heterocycles. The van der Waals surface area contributed by atoms with E-state index in [1.807, 2.05) is 63.2 Å². The Morgan fingerprint density at radius 3 is 2.21 bits per heavy atom. The maximum Gasteiger partial charge on any atom is 0.343 e. The minimum Gasteiger partial charge on any atom is -0.484 e. The first kappa shape index (κ1) is 26.4. The topological polar surface area (TPSA) is 84.9 Å². The summed E-state index contributed by atoms with van der Waals surface area (Å²) in [4.78, 5) is 39.8. The van der Waals surface area contributed by atoms with Crippen LogP contribution in [0.1, 0.15) is 29.2 Å². The summed E-state index contributed by atoms with van der Waals surface area (Å²) in [6.07, 6.45) is 1.73. The van der Waals surface area contributed by atoms with Gasteiger partial charge in [0.05, 0.1) is 12.8 Å². The highest BCUT2D eigenvalue weighted by Crippen LogP contribution is 2.36. The minimum atomic E-state index is -0.669. The monoisotopic (exact) mass is 510 g/mol. The van der Waals surface area contributed by atoms with Crippen molar-refractivity contribution in [3.63, 3.8) is 0 Å². The standard InChI is InChI=1S/C31H30N2O5/c1-19-6-11-24(12-7-19)32-28(34)18-38-26-14-9-23(10-15-26)17-27-30(35)29(31(36)37-5)22(4)33(27)25-13-8-20(2)21(3)16-25/h6-17H,18H2,1-5H3,(H,32,34)/b27-17-. The van der Waals surface area contributed by atoms with Crippen molar-refractivity contribution in [3.05, 3.63) is 106 Å². The van der Waals surface area contributed by atoms with E-state index >= 15 is 0 Å².